The fraction of sp³-hybridized carbons (Fsp3) is 0.600. The molecule has 2 aromatic heterocycles. The van der Waals surface area contributed by atoms with Gasteiger partial charge in [0.1, 0.15) is 6.33 Å². The van der Waals surface area contributed by atoms with Gasteiger partial charge in [0.2, 0.25) is 5.95 Å². The highest BCUT2D eigenvalue weighted by Crippen LogP contribution is 2.27. The molecule has 8 nitrogen and oxygen atoms in total. The number of aryl methyl sites for hydroxylation is 1. The van der Waals surface area contributed by atoms with Gasteiger partial charge in [-0.2, -0.15) is 5.10 Å². The summed E-state index contributed by atoms with van der Waals surface area (Å²) in [6.45, 7) is 2.39. The molecule has 0 aliphatic heterocycles. The molecule has 2 heterocycles. The molecule has 0 atom stereocenters. The van der Waals surface area contributed by atoms with E-state index in [1.807, 2.05) is 18.7 Å². The molecule has 3 rings (SSSR count). The zero-order valence-corrected chi connectivity index (χ0v) is 13.6. The van der Waals surface area contributed by atoms with E-state index in [1.54, 1.807) is 17.2 Å². The highest BCUT2D eigenvalue weighted by molar-refractivity contribution is 5.87. The van der Waals surface area contributed by atoms with E-state index in [0.29, 0.717) is 18.5 Å². The summed E-state index contributed by atoms with van der Waals surface area (Å²) in [5.74, 6) is 0.344. The number of amides is 2. The molecule has 0 saturated heterocycles. The molecule has 1 aliphatic carbocycles. The number of rotatable bonds is 4. The number of carbonyl (C=O) groups is 1. The van der Waals surface area contributed by atoms with Crippen molar-refractivity contribution >= 4 is 12.0 Å². The second-order valence-electron chi connectivity index (χ2n) is 6.03. The second kappa shape index (κ2) is 6.80. The molecule has 8 heteroatoms. The summed E-state index contributed by atoms with van der Waals surface area (Å²) in [4.78, 5) is 16.1. The van der Waals surface area contributed by atoms with Gasteiger partial charge in [-0.1, -0.05) is 19.3 Å². The van der Waals surface area contributed by atoms with Crippen LogP contribution in [0.25, 0.3) is 0 Å². The van der Waals surface area contributed by atoms with Crippen LogP contribution in [-0.2, 0) is 13.6 Å². The van der Waals surface area contributed by atoms with E-state index in [2.05, 4.69) is 25.8 Å². The number of carbonyl (C=O) groups excluding carboxylic acids is 1. The maximum atomic E-state index is 12.0. The van der Waals surface area contributed by atoms with Gasteiger partial charge in [-0.3, -0.25) is 10.00 Å². The van der Waals surface area contributed by atoms with Crippen molar-refractivity contribution in [1.29, 1.82) is 0 Å². The van der Waals surface area contributed by atoms with Crippen LogP contribution in [0.1, 0.15) is 49.4 Å². The number of hydrogen-bond acceptors (Lipinski definition) is 4. The Bertz CT molecular complexity index is 669. The molecule has 0 radical (unpaired) electrons. The maximum absolute atomic E-state index is 12.0. The van der Waals surface area contributed by atoms with Crippen LogP contribution in [-0.4, -0.2) is 30.6 Å². The van der Waals surface area contributed by atoms with E-state index in [0.717, 1.165) is 24.1 Å². The van der Waals surface area contributed by atoms with Crippen molar-refractivity contribution in [3.8, 4) is 0 Å². The Morgan fingerprint density at radius 3 is 2.83 bits per heavy atom. The fourth-order valence-electron chi connectivity index (χ4n) is 2.89. The zero-order valence-electron chi connectivity index (χ0n) is 13.6. The SMILES string of the molecule is Cc1c(CNC(=O)Nc2ncn(C3CCCCC3)n2)cnn1C. The first-order valence-corrected chi connectivity index (χ1v) is 8.07. The van der Waals surface area contributed by atoms with E-state index in [4.69, 9.17) is 0 Å². The zero-order chi connectivity index (χ0) is 16.2. The third-order valence-electron chi connectivity index (χ3n) is 4.46. The van der Waals surface area contributed by atoms with Crippen molar-refractivity contribution in [2.75, 3.05) is 5.32 Å². The molecule has 2 aromatic rings. The molecular formula is C15H23N7O. The van der Waals surface area contributed by atoms with E-state index < -0.39 is 0 Å². The highest BCUT2D eigenvalue weighted by Gasteiger charge is 2.17. The lowest BCUT2D eigenvalue weighted by atomic mass is 9.96. The Morgan fingerprint density at radius 2 is 2.13 bits per heavy atom. The van der Waals surface area contributed by atoms with Crippen LogP contribution in [0.4, 0.5) is 10.7 Å². The Balaban J connectivity index is 1.51. The van der Waals surface area contributed by atoms with Crippen molar-refractivity contribution < 1.29 is 4.79 Å². The fourth-order valence-corrected chi connectivity index (χ4v) is 2.89. The van der Waals surface area contributed by atoms with Gasteiger partial charge in [0, 0.05) is 24.8 Å². The van der Waals surface area contributed by atoms with Crippen molar-refractivity contribution in [3.05, 3.63) is 23.8 Å². The van der Waals surface area contributed by atoms with Gasteiger partial charge in [-0.05, 0) is 19.8 Å². The van der Waals surface area contributed by atoms with Crippen LogP contribution < -0.4 is 10.6 Å². The lowest BCUT2D eigenvalue weighted by molar-refractivity contribution is 0.251. The summed E-state index contributed by atoms with van der Waals surface area (Å²) < 4.78 is 3.66. The molecule has 1 aliphatic rings. The van der Waals surface area contributed by atoms with Crippen LogP contribution in [0.5, 0.6) is 0 Å². The number of anilines is 1. The minimum Gasteiger partial charge on any atom is -0.334 e. The molecule has 23 heavy (non-hydrogen) atoms. The van der Waals surface area contributed by atoms with Gasteiger partial charge < -0.3 is 5.32 Å². The van der Waals surface area contributed by atoms with Crippen molar-refractivity contribution in [1.82, 2.24) is 29.9 Å². The standard InChI is InChI=1S/C15H23N7O/c1-11-12(9-18-21(11)2)8-16-15(23)19-14-17-10-22(20-14)13-6-4-3-5-7-13/h9-10,13H,3-8H2,1-2H3,(H2,16,19,20,23). The minimum atomic E-state index is -0.311. The molecule has 2 amide bonds. The molecular weight excluding hydrogens is 294 g/mol. The number of nitrogens with zero attached hydrogens (tertiary/aromatic N) is 5. The quantitative estimate of drug-likeness (QED) is 0.904. The summed E-state index contributed by atoms with van der Waals surface area (Å²) >= 11 is 0. The average Bonchev–Trinajstić information content (AvgIpc) is 3.15. The van der Waals surface area contributed by atoms with E-state index in [9.17, 15) is 4.79 Å². The summed E-state index contributed by atoms with van der Waals surface area (Å²) in [6, 6.07) is 0.0996. The largest absolute Gasteiger partial charge is 0.334 e. The summed E-state index contributed by atoms with van der Waals surface area (Å²) in [5.41, 5.74) is 2.02. The lowest BCUT2D eigenvalue weighted by Crippen LogP contribution is -2.29. The number of urea groups is 1. The Labute approximate surface area is 135 Å². The summed E-state index contributed by atoms with van der Waals surface area (Å²) in [5, 5.41) is 14.0. The monoisotopic (exact) mass is 317 g/mol. The summed E-state index contributed by atoms with van der Waals surface area (Å²) in [7, 11) is 1.88. The molecule has 0 unspecified atom stereocenters. The van der Waals surface area contributed by atoms with E-state index >= 15 is 0 Å². The second-order valence-corrected chi connectivity index (χ2v) is 6.03. The molecule has 1 saturated carbocycles. The normalized spacial score (nSPS) is 15.6. The topological polar surface area (TPSA) is 89.7 Å². The molecule has 0 spiro atoms. The van der Waals surface area contributed by atoms with Gasteiger partial charge in [0.05, 0.1) is 12.2 Å². The third kappa shape index (κ3) is 3.69. The van der Waals surface area contributed by atoms with Crippen molar-refractivity contribution in [2.24, 2.45) is 7.05 Å². The maximum Gasteiger partial charge on any atom is 0.321 e. The van der Waals surface area contributed by atoms with Gasteiger partial charge in [-0.15, -0.1) is 5.10 Å². The third-order valence-corrected chi connectivity index (χ3v) is 4.46. The van der Waals surface area contributed by atoms with Gasteiger partial charge in [-0.25, -0.2) is 14.5 Å². The Kier molecular flexibility index (Phi) is 4.59. The van der Waals surface area contributed by atoms with Crippen molar-refractivity contribution in [2.45, 2.75) is 51.6 Å². The Hall–Kier alpha value is -2.38. The van der Waals surface area contributed by atoms with Crippen molar-refractivity contribution in [3.63, 3.8) is 0 Å². The summed E-state index contributed by atoms with van der Waals surface area (Å²) in [6.07, 6.45) is 9.50. The first kappa shape index (κ1) is 15.5. The van der Waals surface area contributed by atoms with Gasteiger partial charge in [0.25, 0.3) is 0 Å². The minimum absolute atomic E-state index is 0.311. The molecule has 0 bridgehead atoms. The van der Waals surface area contributed by atoms with Crippen LogP contribution in [0.15, 0.2) is 12.5 Å². The van der Waals surface area contributed by atoms with Gasteiger partial charge in [0.15, 0.2) is 0 Å². The molecule has 0 aromatic carbocycles. The number of nitrogens with one attached hydrogen (secondary N) is 2. The van der Waals surface area contributed by atoms with Crippen LogP contribution in [0, 0.1) is 6.92 Å². The van der Waals surface area contributed by atoms with Crippen LogP contribution in [0.2, 0.25) is 0 Å². The van der Waals surface area contributed by atoms with E-state index in [1.165, 1.54) is 19.3 Å². The Morgan fingerprint density at radius 1 is 1.35 bits per heavy atom. The first-order valence-electron chi connectivity index (χ1n) is 8.07. The number of hydrogen-bond donors (Lipinski definition) is 2. The first-order chi connectivity index (χ1) is 11.1. The highest BCUT2D eigenvalue weighted by atomic mass is 16.2. The lowest BCUT2D eigenvalue weighted by Gasteiger charge is -2.21. The van der Waals surface area contributed by atoms with Crippen LogP contribution >= 0.6 is 0 Å². The molecule has 1 fully saturated rings. The average molecular weight is 317 g/mol. The predicted molar refractivity (Wildman–Crippen MR) is 85.9 cm³/mol. The smallest absolute Gasteiger partial charge is 0.321 e. The molecule has 2 N–H and O–H groups in total. The van der Waals surface area contributed by atoms with E-state index in [-0.39, 0.29) is 6.03 Å². The van der Waals surface area contributed by atoms with Gasteiger partial charge >= 0.3 is 6.03 Å². The van der Waals surface area contributed by atoms with Crippen LogP contribution in [0.3, 0.4) is 0 Å². The molecule has 124 valence electrons. The predicted octanol–water partition coefficient (Wildman–Crippen LogP) is 2.15. The number of aromatic nitrogens is 5.